The summed E-state index contributed by atoms with van der Waals surface area (Å²) in [5.41, 5.74) is 7.86. The van der Waals surface area contributed by atoms with Gasteiger partial charge in [-0.15, -0.1) is 0 Å². The van der Waals surface area contributed by atoms with Crippen molar-refractivity contribution in [2.45, 2.75) is 72.5 Å². The van der Waals surface area contributed by atoms with E-state index >= 15 is 0 Å². The highest BCUT2D eigenvalue weighted by Crippen LogP contribution is 2.39. The lowest BCUT2D eigenvalue weighted by Gasteiger charge is -2.26. The van der Waals surface area contributed by atoms with Crippen molar-refractivity contribution in [3.05, 3.63) is 64.5 Å². The number of fused-ring (bicyclic) bond motifs is 2. The van der Waals surface area contributed by atoms with Crippen molar-refractivity contribution < 1.29 is 9.84 Å². The number of hydrogen-bond acceptors (Lipinski definition) is 2. The van der Waals surface area contributed by atoms with E-state index in [4.69, 9.17) is 4.74 Å². The van der Waals surface area contributed by atoms with Crippen LogP contribution >= 0.6 is 0 Å². The van der Waals surface area contributed by atoms with Gasteiger partial charge in [0.1, 0.15) is 12.4 Å². The quantitative estimate of drug-likeness (QED) is 0.348. The Kier molecular flexibility index (Phi) is 5.17. The molecule has 0 bridgehead atoms. The van der Waals surface area contributed by atoms with Crippen LogP contribution in [0.5, 0.6) is 5.75 Å². The molecule has 4 nitrogen and oxygen atoms in total. The minimum atomic E-state index is -0.104. The van der Waals surface area contributed by atoms with E-state index in [0.29, 0.717) is 6.61 Å². The zero-order valence-corrected chi connectivity index (χ0v) is 19.7. The van der Waals surface area contributed by atoms with Crippen LogP contribution in [0, 0.1) is 6.92 Å². The van der Waals surface area contributed by atoms with Crippen molar-refractivity contribution >= 4 is 21.8 Å². The predicted octanol–water partition coefficient (Wildman–Crippen LogP) is 6.62. The van der Waals surface area contributed by atoms with Crippen molar-refractivity contribution in [2.75, 3.05) is 0 Å². The molecule has 0 saturated heterocycles. The van der Waals surface area contributed by atoms with E-state index < -0.39 is 0 Å². The Labute approximate surface area is 184 Å². The third-order valence-corrected chi connectivity index (χ3v) is 6.14. The van der Waals surface area contributed by atoms with Gasteiger partial charge in [-0.2, -0.15) is 0 Å². The Hall–Kier alpha value is -2.72. The monoisotopic (exact) mass is 418 g/mol. The second-order valence-electron chi connectivity index (χ2n) is 10.6. The largest absolute Gasteiger partial charge is 0.488 e. The van der Waals surface area contributed by atoms with E-state index in [2.05, 4.69) is 82.8 Å². The molecule has 0 aliphatic rings. The number of aliphatic hydroxyl groups is 1. The maximum Gasteiger partial charge on any atom is 0.129 e. The van der Waals surface area contributed by atoms with Gasteiger partial charge in [0.05, 0.1) is 12.1 Å². The van der Waals surface area contributed by atoms with Gasteiger partial charge < -0.3 is 19.8 Å². The van der Waals surface area contributed by atoms with Crippen LogP contribution in [0.15, 0.2) is 36.7 Å². The van der Waals surface area contributed by atoms with Gasteiger partial charge >= 0.3 is 0 Å². The molecular formula is C27H34N2O2. The summed E-state index contributed by atoms with van der Waals surface area (Å²) in [6.07, 6.45) is 4.00. The van der Waals surface area contributed by atoms with E-state index in [9.17, 15) is 5.11 Å². The van der Waals surface area contributed by atoms with E-state index in [-0.39, 0.29) is 17.4 Å². The first-order chi connectivity index (χ1) is 14.5. The first-order valence-corrected chi connectivity index (χ1v) is 11.0. The summed E-state index contributed by atoms with van der Waals surface area (Å²) in [6, 6.07) is 8.47. The molecule has 0 radical (unpaired) electrons. The molecule has 0 aliphatic carbocycles. The Bertz CT molecular complexity index is 1250. The molecule has 164 valence electrons. The first kappa shape index (κ1) is 21.5. The number of nitrogens with one attached hydrogen (secondary N) is 2. The Balaban J connectivity index is 1.81. The number of ether oxygens (including phenoxy) is 1. The zero-order valence-electron chi connectivity index (χ0n) is 19.7. The maximum absolute atomic E-state index is 10.1. The molecule has 31 heavy (non-hydrogen) atoms. The molecular weight excluding hydrogens is 384 g/mol. The van der Waals surface area contributed by atoms with E-state index in [1.807, 2.05) is 12.3 Å². The molecule has 4 aromatic rings. The summed E-state index contributed by atoms with van der Waals surface area (Å²) in [7, 11) is 0. The van der Waals surface area contributed by atoms with E-state index in [0.717, 1.165) is 27.8 Å². The molecule has 0 amide bonds. The van der Waals surface area contributed by atoms with E-state index in [1.165, 1.54) is 27.6 Å². The molecule has 0 atom stereocenters. The van der Waals surface area contributed by atoms with Gasteiger partial charge in [0.25, 0.3) is 0 Å². The van der Waals surface area contributed by atoms with Crippen molar-refractivity contribution in [3.63, 3.8) is 0 Å². The summed E-state index contributed by atoms with van der Waals surface area (Å²) in [4.78, 5) is 6.70. The van der Waals surface area contributed by atoms with Gasteiger partial charge in [-0.25, -0.2) is 0 Å². The summed E-state index contributed by atoms with van der Waals surface area (Å²) < 4.78 is 6.49. The molecule has 3 N–H and O–H groups in total. The smallest absolute Gasteiger partial charge is 0.129 e. The third kappa shape index (κ3) is 3.74. The second-order valence-corrected chi connectivity index (χ2v) is 10.6. The number of H-pyrrole nitrogens is 2. The predicted molar refractivity (Wildman–Crippen MR) is 129 cm³/mol. The first-order valence-electron chi connectivity index (χ1n) is 11.0. The topological polar surface area (TPSA) is 61.0 Å². The molecule has 4 heteroatoms. The van der Waals surface area contributed by atoms with Crippen molar-refractivity contribution in [1.82, 2.24) is 9.97 Å². The molecule has 0 spiro atoms. The van der Waals surface area contributed by atoms with E-state index in [1.54, 1.807) is 0 Å². The van der Waals surface area contributed by atoms with Crippen LogP contribution in [-0.2, 0) is 24.0 Å². The fraction of sp³-hybridized carbons (Fsp3) is 0.407. The number of benzene rings is 2. The van der Waals surface area contributed by atoms with Crippen LogP contribution in [0.4, 0.5) is 0 Å². The molecule has 2 aromatic heterocycles. The normalized spacial score (nSPS) is 12.8. The average Bonchev–Trinajstić information content (AvgIpc) is 3.31. The van der Waals surface area contributed by atoms with Crippen LogP contribution in [0.3, 0.4) is 0 Å². The maximum atomic E-state index is 10.1. The average molecular weight is 419 g/mol. The summed E-state index contributed by atoms with van der Waals surface area (Å²) in [6.45, 7) is 15.9. The zero-order chi connectivity index (χ0) is 22.6. The number of aromatic amines is 2. The van der Waals surface area contributed by atoms with Crippen molar-refractivity contribution in [2.24, 2.45) is 0 Å². The van der Waals surface area contributed by atoms with Gasteiger partial charge in [-0.05, 0) is 58.2 Å². The summed E-state index contributed by atoms with van der Waals surface area (Å²) in [5, 5.41) is 12.4. The molecule has 4 rings (SSSR count). The van der Waals surface area contributed by atoms with Gasteiger partial charge in [0.2, 0.25) is 0 Å². The minimum Gasteiger partial charge on any atom is -0.488 e. The highest BCUT2D eigenvalue weighted by molar-refractivity contribution is 5.90. The van der Waals surface area contributed by atoms with Crippen molar-refractivity contribution in [3.8, 4) is 5.75 Å². The molecule has 2 aromatic carbocycles. The number of aliphatic hydroxyl groups excluding tert-OH is 1. The molecule has 0 aliphatic heterocycles. The van der Waals surface area contributed by atoms with Crippen LogP contribution in [-0.4, -0.2) is 15.1 Å². The van der Waals surface area contributed by atoms with Crippen molar-refractivity contribution in [1.29, 1.82) is 0 Å². The highest BCUT2D eigenvalue weighted by atomic mass is 16.5. The lowest BCUT2D eigenvalue weighted by molar-refractivity contribution is 0.279. The van der Waals surface area contributed by atoms with Crippen LogP contribution in [0.2, 0.25) is 0 Å². The SMILES string of the molecule is Cc1c[nH]c2ccc(COc3cc(C(C)(C)C)c(CO)c4[nH]ccc34)c(C(C)(C)C)c12. The van der Waals surface area contributed by atoms with Gasteiger partial charge in [-0.3, -0.25) is 0 Å². The molecule has 2 heterocycles. The Morgan fingerprint density at radius 3 is 2.35 bits per heavy atom. The van der Waals surface area contributed by atoms with Crippen LogP contribution < -0.4 is 4.74 Å². The summed E-state index contributed by atoms with van der Waals surface area (Å²) in [5.74, 6) is 0.851. The minimum absolute atomic E-state index is 0.00149. The fourth-order valence-corrected chi connectivity index (χ4v) is 4.77. The molecule has 0 fully saturated rings. The standard InChI is InChI=1S/C27H34N2O2/c1-16-13-29-21-9-8-17(24(23(16)21)27(5,6)7)15-31-22-12-20(26(2,3)4)19(14-30)25-18(22)10-11-28-25/h8-13,28-30H,14-15H2,1-7H3. The number of aryl methyl sites for hydroxylation is 1. The Morgan fingerprint density at radius 2 is 1.71 bits per heavy atom. The molecule has 0 saturated carbocycles. The fourth-order valence-electron chi connectivity index (χ4n) is 4.77. The third-order valence-electron chi connectivity index (χ3n) is 6.14. The van der Waals surface area contributed by atoms with Crippen LogP contribution in [0.25, 0.3) is 21.8 Å². The van der Waals surface area contributed by atoms with Crippen LogP contribution in [0.1, 0.15) is 69.4 Å². The number of hydrogen-bond donors (Lipinski definition) is 3. The highest BCUT2D eigenvalue weighted by Gasteiger charge is 2.25. The number of rotatable bonds is 4. The second kappa shape index (κ2) is 7.45. The molecule has 0 unspecified atom stereocenters. The Morgan fingerprint density at radius 1 is 0.968 bits per heavy atom. The lowest BCUT2D eigenvalue weighted by Crippen LogP contribution is -2.17. The van der Waals surface area contributed by atoms with Gasteiger partial charge in [-0.1, -0.05) is 47.6 Å². The lowest BCUT2D eigenvalue weighted by atomic mass is 9.81. The van der Waals surface area contributed by atoms with Gasteiger partial charge in [0, 0.05) is 34.2 Å². The van der Waals surface area contributed by atoms with Gasteiger partial charge in [0.15, 0.2) is 0 Å². The summed E-state index contributed by atoms with van der Waals surface area (Å²) >= 11 is 0. The number of aromatic nitrogens is 2.